The van der Waals surface area contributed by atoms with Crippen LogP contribution in [0.4, 0.5) is 5.69 Å². The Morgan fingerprint density at radius 2 is 1.78 bits per heavy atom. The van der Waals surface area contributed by atoms with Gasteiger partial charge in [0.1, 0.15) is 12.7 Å². The molecular formula is C15H13N5O2S. The molecule has 0 fully saturated rings. The van der Waals surface area contributed by atoms with Crippen LogP contribution in [-0.2, 0) is 0 Å². The summed E-state index contributed by atoms with van der Waals surface area (Å²) in [5, 5.41) is 9.99. The molecule has 1 aromatic carbocycles. The van der Waals surface area contributed by atoms with Crippen LogP contribution in [0, 0.1) is 6.92 Å². The van der Waals surface area contributed by atoms with Crippen molar-refractivity contribution in [2.24, 2.45) is 0 Å². The predicted molar refractivity (Wildman–Crippen MR) is 87.2 cm³/mol. The Morgan fingerprint density at radius 3 is 2.48 bits per heavy atom. The van der Waals surface area contributed by atoms with Crippen LogP contribution in [0.3, 0.4) is 0 Å². The fourth-order valence-corrected chi connectivity index (χ4v) is 2.73. The van der Waals surface area contributed by atoms with Crippen molar-refractivity contribution in [3.8, 4) is 0 Å². The van der Waals surface area contributed by atoms with Crippen LogP contribution in [0.15, 0.2) is 49.1 Å². The van der Waals surface area contributed by atoms with Crippen LogP contribution in [0.25, 0.3) is 0 Å². The van der Waals surface area contributed by atoms with E-state index in [0.29, 0.717) is 16.1 Å². The maximum absolute atomic E-state index is 12.3. The summed E-state index contributed by atoms with van der Waals surface area (Å²) in [6.07, 6.45) is 2.74. The summed E-state index contributed by atoms with van der Waals surface area (Å²) in [5.74, 6) is -0.615. The Kier molecular flexibility index (Phi) is 4.15. The zero-order chi connectivity index (χ0) is 16.2. The van der Waals surface area contributed by atoms with Gasteiger partial charge in [-0.3, -0.25) is 15.0 Å². The molecule has 0 bridgehead atoms. The van der Waals surface area contributed by atoms with Crippen molar-refractivity contribution < 1.29 is 9.59 Å². The van der Waals surface area contributed by atoms with Crippen molar-refractivity contribution >= 4 is 28.8 Å². The second-order valence-corrected chi connectivity index (χ2v) is 6.01. The van der Waals surface area contributed by atoms with Gasteiger partial charge in [-0.15, -0.1) is 21.5 Å². The lowest BCUT2D eigenvalue weighted by molar-refractivity contribution is 0.101. The molecular weight excluding hydrogens is 314 g/mol. The third-order valence-electron chi connectivity index (χ3n) is 3.03. The van der Waals surface area contributed by atoms with Crippen LogP contribution < -0.4 is 10.7 Å². The molecule has 0 spiro atoms. The van der Waals surface area contributed by atoms with E-state index in [-0.39, 0.29) is 11.8 Å². The molecule has 23 heavy (non-hydrogen) atoms. The van der Waals surface area contributed by atoms with Crippen LogP contribution in [0.2, 0.25) is 0 Å². The number of aryl methyl sites for hydroxylation is 1. The molecule has 2 heterocycles. The normalized spacial score (nSPS) is 10.3. The first-order chi connectivity index (χ1) is 11.1. The van der Waals surface area contributed by atoms with Gasteiger partial charge in [-0.2, -0.15) is 0 Å². The Balaban J connectivity index is 1.80. The molecule has 3 aromatic rings. The Labute approximate surface area is 136 Å². The van der Waals surface area contributed by atoms with Gasteiger partial charge < -0.3 is 5.32 Å². The molecule has 0 saturated heterocycles. The maximum Gasteiger partial charge on any atom is 0.272 e. The zero-order valence-electron chi connectivity index (χ0n) is 12.2. The molecule has 0 atom stereocenters. The monoisotopic (exact) mass is 327 g/mol. The van der Waals surface area contributed by atoms with E-state index < -0.39 is 0 Å². The molecule has 8 heteroatoms. The average molecular weight is 327 g/mol. The largest absolute Gasteiger partial charge is 0.321 e. The number of para-hydroxylation sites is 1. The number of benzene rings is 1. The summed E-state index contributed by atoms with van der Waals surface area (Å²) in [4.78, 5) is 26.2. The van der Waals surface area contributed by atoms with Gasteiger partial charge in [-0.1, -0.05) is 12.1 Å². The Hall–Kier alpha value is -3.00. The highest BCUT2D eigenvalue weighted by Crippen LogP contribution is 2.20. The van der Waals surface area contributed by atoms with Gasteiger partial charge in [0.15, 0.2) is 0 Å². The van der Waals surface area contributed by atoms with Crippen LogP contribution in [0.1, 0.15) is 24.9 Å². The molecule has 2 amide bonds. The predicted octanol–water partition coefficient (Wildman–Crippen LogP) is 2.28. The maximum atomic E-state index is 12.3. The summed E-state index contributed by atoms with van der Waals surface area (Å²) >= 11 is 1.40. The number of carbonyl (C=O) groups is 2. The van der Waals surface area contributed by atoms with Gasteiger partial charge in [-0.05, 0) is 31.2 Å². The lowest BCUT2D eigenvalue weighted by Gasteiger charge is -2.10. The van der Waals surface area contributed by atoms with Crippen molar-refractivity contribution in [2.75, 3.05) is 10.7 Å². The minimum atomic E-state index is -0.372. The number of rotatable bonds is 4. The van der Waals surface area contributed by atoms with E-state index in [0.717, 1.165) is 4.88 Å². The molecule has 3 rings (SSSR count). The van der Waals surface area contributed by atoms with Crippen molar-refractivity contribution in [2.45, 2.75) is 6.92 Å². The number of amides is 2. The fourth-order valence-electron chi connectivity index (χ4n) is 1.97. The Morgan fingerprint density at radius 1 is 1.04 bits per heavy atom. The zero-order valence-corrected chi connectivity index (χ0v) is 13.0. The first-order valence-corrected chi connectivity index (χ1v) is 7.58. The number of thiophene rings is 1. The highest BCUT2D eigenvalue weighted by atomic mass is 32.1. The lowest BCUT2D eigenvalue weighted by Crippen LogP contribution is -2.23. The number of aromatic nitrogens is 3. The standard InChI is InChI=1S/C15H13N5O2S/c1-10-6-7-13(23-10)15(22)18-12-5-3-2-4-11(12)14(21)19-20-8-16-17-9-20/h2-9H,1H3,(H,18,22)(H,19,21). The van der Waals surface area contributed by atoms with Crippen molar-refractivity contribution in [3.05, 3.63) is 64.4 Å². The molecule has 2 N–H and O–H groups in total. The summed E-state index contributed by atoms with van der Waals surface area (Å²) in [7, 11) is 0. The fraction of sp³-hybridized carbons (Fsp3) is 0.0667. The number of nitrogens with one attached hydrogen (secondary N) is 2. The van der Waals surface area contributed by atoms with Gasteiger partial charge in [0.25, 0.3) is 11.8 Å². The SMILES string of the molecule is Cc1ccc(C(=O)Nc2ccccc2C(=O)Nn2cnnc2)s1. The molecule has 7 nitrogen and oxygen atoms in total. The molecule has 0 saturated carbocycles. The van der Waals surface area contributed by atoms with Gasteiger partial charge in [0, 0.05) is 4.88 Å². The second kappa shape index (κ2) is 6.41. The summed E-state index contributed by atoms with van der Waals surface area (Å²) < 4.78 is 1.34. The molecule has 2 aromatic heterocycles. The molecule has 0 unspecified atom stereocenters. The van der Waals surface area contributed by atoms with Crippen molar-refractivity contribution in [1.82, 2.24) is 14.9 Å². The number of carbonyl (C=O) groups excluding carboxylic acids is 2. The van der Waals surface area contributed by atoms with Gasteiger partial charge in [0.05, 0.1) is 16.1 Å². The second-order valence-electron chi connectivity index (χ2n) is 4.72. The van der Waals surface area contributed by atoms with Crippen LogP contribution in [0.5, 0.6) is 0 Å². The Bertz CT molecular complexity index is 841. The van der Waals surface area contributed by atoms with E-state index in [2.05, 4.69) is 20.9 Å². The van der Waals surface area contributed by atoms with E-state index in [1.807, 2.05) is 13.0 Å². The lowest BCUT2D eigenvalue weighted by atomic mass is 10.1. The van der Waals surface area contributed by atoms with E-state index in [9.17, 15) is 9.59 Å². The average Bonchev–Trinajstić information content (AvgIpc) is 3.19. The topological polar surface area (TPSA) is 88.9 Å². The third kappa shape index (κ3) is 3.43. The quantitative estimate of drug-likeness (QED) is 0.769. The highest BCUT2D eigenvalue weighted by molar-refractivity contribution is 7.14. The first kappa shape index (κ1) is 14.9. The van der Waals surface area contributed by atoms with Gasteiger partial charge >= 0.3 is 0 Å². The number of nitrogens with zero attached hydrogens (tertiary/aromatic N) is 3. The summed E-state index contributed by atoms with van der Waals surface area (Å²) in [6, 6.07) is 10.4. The number of hydrogen-bond acceptors (Lipinski definition) is 5. The van der Waals surface area contributed by atoms with Gasteiger partial charge in [0.2, 0.25) is 0 Å². The summed E-state index contributed by atoms with van der Waals surface area (Å²) in [6.45, 7) is 1.93. The summed E-state index contributed by atoms with van der Waals surface area (Å²) in [5.41, 5.74) is 3.39. The molecule has 0 aliphatic rings. The molecule has 116 valence electrons. The van der Waals surface area contributed by atoms with Crippen LogP contribution >= 0.6 is 11.3 Å². The van der Waals surface area contributed by atoms with E-state index in [1.54, 1.807) is 30.3 Å². The molecule has 0 radical (unpaired) electrons. The van der Waals surface area contributed by atoms with Gasteiger partial charge in [-0.25, -0.2) is 4.68 Å². The number of anilines is 1. The minimum absolute atomic E-state index is 0.243. The number of hydrogen-bond donors (Lipinski definition) is 2. The first-order valence-electron chi connectivity index (χ1n) is 6.76. The van der Waals surface area contributed by atoms with E-state index >= 15 is 0 Å². The van der Waals surface area contributed by atoms with E-state index in [4.69, 9.17) is 0 Å². The highest BCUT2D eigenvalue weighted by Gasteiger charge is 2.15. The van der Waals surface area contributed by atoms with Crippen LogP contribution in [-0.4, -0.2) is 26.7 Å². The molecule has 0 aliphatic heterocycles. The smallest absolute Gasteiger partial charge is 0.272 e. The minimum Gasteiger partial charge on any atom is -0.321 e. The van der Waals surface area contributed by atoms with E-state index in [1.165, 1.54) is 28.7 Å². The third-order valence-corrected chi connectivity index (χ3v) is 4.03. The van der Waals surface area contributed by atoms with Crippen molar-refractivity contribution in [1.29, 1.82) is 0 Å². The molecule has 0 aliphatic carbocycles. The van der Waals surface area contributed by atoms with Crippen molar-refractivity contribution in [3.63, 3.8) is 0 Å².